The van der Waals surface area contributed by atoms with Gasteiger partial charge in [-0.2, -0.15) is 0 Å². The van der Waals surface area contributed by atoms with E-state index in [-0.39, 0.29) is 0 Å². The highest BCUT2D eigenvalue weighted by Crippen LogP contribution is 2.37. The molecule has 2 nitrogen and oxygen atoms in total. The van der Waals surface area contributed by atoms with Crippen LogP contribution in [0.1, 0.15) is 17.5 Å². The number of hydrogen-bond acceptors (Lipinski definition) is 2. The molecule has 3 rings (SSSR count). The maximum atomic E-state index is 3.57. The van der Waals surface area contributed by atoms with Crippen LogP contribution in [0.5, 0.6) is 0 Å². The van der Waals surface area contributed by atoms with Gasteiger partial charge in [-0.15, -0.1) is 0 Å². The topological polar surface area (TPSA) is 24.1 Å². The van der Waals surface area contributed by atoms with Crippen LogP contribution in [0.2, 0.25) is 0 Å². The summed E-state index contributed by atoms with van der Waals surface area (Å²) in [4.78, 5) is 0. The summed E-state index contributed by atoms with van der Waals surface area (Å²) in [5.74, 6) is 1.72. The second-order valence-corrected chi connectivity index (χ2v) is 5.99. The number of hydrogen-bond donors (Lipinski definition) is 2. The third-order valence-corrected chi connectivity index (χ3v) is 4.23. The number of benzene rings is 2. The fourth-order valence-corrected chi connectivity index (χ4v) is 2.81. The Morgan fingerprint density at radius 2 is 1.10 bits per heavy atom. The van der Waals surface area contributed by atoms with E-state index in [1.807, 2.05) is 0 Å². The summed E-state index contributed by atoms with van der Waals surface area (Å²) < 4.78 is 0. The normalized spacial score (nSPS) is 20.4. The fraction of sp³-hybridized carbons (Fsp3) is 0.368. The lowest BCUT2D eigenvalue weighted by molar-refractivity contribution is 0.560. The van der Waals surface area contributed by atoms with Gasteiger partial charge in [0.2, 0.25) is 0 Å². The molecule has 2 N–H and O–H groups in total. The monoisotopic (exact) mass is 280 g/mol. The van der Waals surface area contributed by atoms with E-state index in [4.69, 9.17) is 0 Å². The maximum absolute atomic E-state index is 3.57. The van der Waals surface area contributed by atoms with Crippen molar-refractivity contribution in [1.29, 1.82) is 0 Å². The van der Waals surface area contributed by atoms with Crippen LogP contribution in [-0.4, -0.2) is 13.1 Å². The van der Waals surface area contributed by atoms with Crippen LogP contribution >= 0.6 is 0 Å². The Labute approximate surface area is 127 Å². The molecule has 0 spiro atoms. The first kappa shape index (κ1) is 14.3. The van der Waals surface area contributed by atoms with Crippen molar-refractivity contribution in [3.05, 3.63) is 71.8 Å². The summed E-state index contributed by atoms with van der Waals surface area (Å²) in [5.41, 5.74) is 2.74. The van der Waals surface area contributed by atoms with Gasteiger partial charge in [0.1, 0.15) is 0 Å². The van der Waals surface area contributed by atoms with Gasteiger partial charge in [-0.3, -0.25) is 0 Å². The van der Waals surface area contributed by atoms with Crippen molar-refractivity contribution in [3.8, 4) is 0 Å². The van der Waals surface area contributed by atoms with E-state index in [1.165, 1.54) is 17.5 Å². The lowest BCUT2D eigenvalue weighted by Gasteiger charge is -2.06. The predicted molar refractivity (Wildman–Crippen MR) is 87.9 cm³/mol. The lowest BCUT2D eigenvalue weighted by atomic mass is 10.2. The van der Waals surface area contributed by atoms with E-state index < -0.39 is 0 Å². The highest BCUT2D eigenvalue weighted by molar-refractivity contribution is 5.15. The Kier molecular flexibility index (Phi) is 5.03. The fourth-order valence-electron chi connectivity index (χ4n) is 2.81. The van der Waals surface area contributed by atoms with E-state index in [1.54, 1.807) is 0 Å². The van der Waals surface area contributed by atoms with Crippen molar-refractivity contribution >= 4 is 0 Å². The molecule has 1 fully saturated rings. The molecular weight excluding hydrogens is 256 g/mol. The zero-order chi connectivity index (χ0) is 14.3. The van der Waals surface area contributed by atoms with Crippen LogP contribution in [0.25, 0.3) is 0 Å². The molecule has 0 radical (unpaired) electrons. The molecule has 2 atom stereocenters. The van der Waals surface area contributed by atoms with Gasteiger partial charge in [0.05, 0.1) is 0 Å². The molecule has 0 saturated heterocycles. The molecule has 0 heterocycles. The van der Waals surface area contributed by atoms with Gasteiger partial charge in [-0.25, -0.2) is 0 Å². The summed E-state index contributed by atoms with van der Waals surface area (Å²) in [5, 5.41) is 7.15. The Bertz CT molecular complexity index is 474. The maximum Gasteiger partial charge on any atom is 0.0205 e. The molecule has 1 aliphatic carbocycles. The number of nitrogens with one attached hydrogen (secondary N) is 2. The van der Waals surface area contributed by atoms with Gasteiger partial charge in [-0.1, -0.05) is 60.7 Å². The average molecular weight is 280 g/mol. The van der Waals surface area contributed by atoms with Gasteiger partial charge in [0.15, 0.2) is 0 Å². The molecule has 0 aliphatic heterocycles. The summed E-state index contributed by atoms with van der Waals surface area (Å²) in [6.45, 7) is 4.27. The lowest BCUT2D eigenvalue weighted by Crippen LogP contribution is -2.20. The van der Waals surface area contributed by atoms with Crippen LogP contribution in [0.15, 0.2) is 60.7 Å². The van der Waals surface area contributed by atoms with E-state index in [0.717, 1.165) is 38.0 Å². The van der Waals surface area contributed by atoms with Crippen LogP contribution in [0.3, 0.4) is 0 Å². The highest BCUT2D eigenvalue weighted by Gasteiger charge is 2.35. The van der Waals surface area contributed by atoms with Crippen molar-refractivity contribution in [2.24, 2.45) is 11.8 Å². The summed E-state index contributed by atoms with van der Waals surface area (Å²) in [6.07, 6.45) is 1.36. The van der Waals surface area contributed by atoms with Crippen molar-refractivity contribution in [2.75, 3.05) is 13.1 Å². The molecule has 110 valence electrons. The Balaban J connectivity index is 1.27. The molecule has 21 heavy (non-hydrogen) atoms. The minimum atomic E-state index is 0.858. The van der Waals surface area contributed by atoms with Gasteiger partial charge < -0.3 is 10.6 Å². The van der Waals surface area contributed by atoms with Crippen LogP contribution in [0, 0.1) is 11.8 Å². The smallest absolute Gasteiger partial charge is 0.0205 e. The van der Waals surface area contributed by atoms with Gasteiger partial charge in [0.25, 0.3) is 0 Å². The molecule has 2 aromatic rings. The SMILES string of the molecule is c1ccc(CNCC2CC2CNCc2ccccc2)cc1. The van der Waals surface area contributed by atoms with Crippen LogP contribution in [0.4, 0.5) is 0 Å². The summed E-state index contributed by atoms with van der Waals surface area (Å²) >= 11 is 0. The second kappa shape index (κ2) is 7.39. The average Bonchev–Trinajstić information content (AvgIpc) is 3.28. The minimum absolute atomic E-state index is 0.858. The van der Waals surface area contributed by atoms with E-state index in [0.29, 0.717) is 0 Å². The summed E-state index contributed by atoms with van der Waals surface area (Å²) in [6, 6.07) is 21.3. The zero-order valence-corrected chi connectivity index (χ0v) is 12.5. The molecule has 2 unspecified atom stereocenters. The van der Waals surface area contributed by atoms with Crippen LogP contribution < -0.4 is 10.6 Å². The van der Waals surface area contributed by atoms with E-state index in [9.17, 15) is 0 Å². The Morgan fingerprint density at radius 3 is 1.52 bits per heavy atom. The third-order valence-electron chi connectivity index (χ3n) is 4.23. The zero-order valence-electron chi connectivity index (χ0n) is 12.5. The second-order valence-electron chi connectivity index (χ2n) is 5.99. The Hall–Kier alpha value is -1.64. The molecule has 1 aliphatic rings. The molecule has 0 aromatic heterocycles. The van der Waals surface area contributed by atoms with Gasteiger partial charge in [0, 0.05) is 13.1 Å². The van der Waals surface area contributed by atoms with E-state index >= 15 is 0 Å². The van der Waals surface area contributed by atoms with Gasteiger partial charge in [-0.05, 0) is 42.5 Å². The quantitative estimate of drug-likeness (QED) is 0.776. The molecular formula is C19H24N2. The number of rotatable bonds is 8. The van der Waals surface area contributed by atoms with Crippen molar-refractivity contribution in [1.82, 2.24) is 10.6 Å². The molecule has 0 amide bonds. The van der Waals surface area contributed by atoms with Crippen molar-refractivity contribution in [2.45, 2.75) is 19.5 Å². The molecule has 2 aromatic carbocycles. The van der Waals surface area contributed by atoms with Crippen molar-refractivity contribution in [3.63, 3.8) is 0 Å². The van der Waals surface area contributed by atoms with E-state index in [2.05, 4.69) is 71.3 Å². The van der Waals surface area contributed by atoms with Crippen molar-refractivity contribution < 1.29 is 0 Å². The Morgan fingerprint density at radius 1 is 0.667 bits per heavy atom. The standard InChI is InChI=1S/C19H24N2/c1-3-7-16(8-4-1)12-20-14-18-11-19(18)15-21-13-17-9-5-2-6-10-17/h1-10,18-21H,11-15H2. The minimum Gasteiger partial charge on any atom is -0.312 e. The summed E-state index contributed by atoms with van der Waals surface area (Å²) in [7, 11) is 0. The largest absolute Gasteiger partial charge is 0.312 e. The third kappa shape index (κ3) is 4.69. The highest BCUT2D eigenvalue weighted by atomic mass is 14.9. The van der Waals surface area contributed by atoms with Gasteiger partial charge >= 0.3 is 0 Å². The van der Waals surface area contributed by atoms with Crippen LogP contribution in [-0.2, 0) is 13.1 Å². The molecule has 1 saturated carbocycles. The predicted octanol–water partition coefficient (Wildman–Crippen LogP) is 3.20. The molecule has 2 heteroatoms. The first-order valence-electron chi connectivity index (χ1n) is 7.91. The molecule has 0 bridgehead atoms. The first-order valence-corrected chi connectivity index (χ1v) is 7.91. The first-order chi connectivity index (χ1) is 10.4.